The third kappa shape index (κ3) is 5.11. The van der Waals surface area contributed by atoms with Crippen LogP contribution in [0.3, 0.4) is 0 Å². The molecule has 156 valence electrons. The summed E-state index contributed by atoms with van der Waals surface area (Å²) in [5.74, 6) is -2.78. The largest absolute Gasteiger partial charge is 0.481 e. The SMILES string of the molecule is Cc1cc([C@H](Cc2ccc(C)c(CN3CC(C(=O)O)C3)c2)C(F)(F)F)ccc1Cl. The van der Waals surface area contributed by atoms with Gasteiger partial charge in [0.25, 0.3) is 0 Å². The van der Waals surface area contributed by atoms with Crippen molar-refractivity contribution in [2.45, 2.75) is 38.9 Å². The predicted octanol–water partition coefficient (Wildman–Crippen LogP) is 5.36. The zero-order chi connectivity index (χ0) is 21.3. The van der Waals surface area contributed by atoms with Crippen molar-refractivity contribution >= 4 is 17.6 Å². The number of hydrogen-bond acceptors (Lipinski definition) is 2. The maximum Gasteiger partial charge on any atom is 0.396 e. The molecule has 0 aromatic heterocycles. The van der Waals surface area contributed by atoms with Gasteiger partial charge >= 0.3 is 12.1 Å². The van der Waals surface area contributed by atoms with Crippen molar-refractivity contribution < 1.29 is 23.1 Å². The van der Waals surface area contributed by atoms with Crippen LogP contribution in [0, 0.1) is 19.8 Å². The Bertz CT molecular complexity index is 907. The Morgan fingerprint density at radius 3 is 2.45 bits per heavy atom. The summed E-state index contributed by atoms with van der Waals surface area (Å²) in [7, 11) is 0. The minimum absolute atomic E-state index is 0.157. The Labute approximate surface area is 173 Å². The number of rotatable bonds is 6. The number of carboxylic acid groups (broad SMARTS) is 1. The fraction of sp³-hybridized carbons (Fsp3) is 0.409. The van der Waals surface area contributed by atoms with Gasteiger partial charge in [0.2, 0.25) is 0 Å². The molecule has 0 bridgehead atoms. The molecule has 1 aliphatic heterocycles. The van der Waals surface area contributed by atoms with Crippen molar-refractivity contribution in [3.8, 4) is 0 Å². The summed E-state index contributed by atoms with van der Waals surface area (Å²) >= 11 is 5.97. The lowest BCUT2D eigenvalue weighted by Gasteiger charge is -2.37. The first-order valence-electron chi connectivity index (χ1n) is 9.41. The number of aryl methyl sites for hydroxylation is 2. The first-order valence-corrected chi connectivity index (χ1v) is 9.78. The summed E-state index contributed by atoms with van der Waals surface area (Å²) < 4.78 is 41.4. The maximum atomic E-state index is 13.8. The second kappa shape index (κ2) is 8.36. The number of nitrogens with zero attached hydrogens (tertiary/aromatic N) is 1. The van der Waals surface area contributed by atoms with Crippen LogP contribution in [0.2, 0.25) is 5.02 Å². The van der Waals surface area contributed by atoms with Crippen LogP contribution in [0.25, 0.3) is 0 Å². The van der Waals surface area contributed by atoms with Crippen molar-refractivity contribution in [1.82, 2.24) is 4.90 Å². The van der Waals surface area contributed by atoms with Gasteiger partial charge < -0.3 is 5.11 Å². The molecule has 7 heteroatoms. The number of carboxylic acids is 1. The van der Waals surface area contributed by atoms with Gasteiger partial charge in [0.05, 0.1) is 11.8 Å². The monoisotopic (exact) mass is 425 g/mol. The maximum absolute atomic E-state index is 13.8. The van der Waals surface area contributed by atoms with Gasteiger partial charge in [-0.3, -0.25) is 9.69 Å². The average molecular weight is 426 g/mol. The molecule has 1 fully saturated rings. The molecule has 1 atom stereocenters. The first-order chi connectivity index (χ1) is 13.5. The molecule has 3 rings (SSSR count). The van der Waals surface area contributed by atoms with Crippen LogP contribution < -0.4 is 0 Å². The van der Waals surface area contributed by atoms with E-state index in [1.54, 1.807) is 13.0 Å². The van der Waals surface area contributed by atoms with Crippen LogP contribution in [0.5, 0.6) is 0 Å². The summed E-state index contributed by atoms with van der Waals surface area (Å²) in [4.78, 5) is 12.9. The smallest absolute Gasteiger partial charge is 0.396 e. The third-order valence-corrected chi connectivity index (χ3v) is 5.96. The lowest BCUT2D eigenvalue weighted by molar-refractivity contribution is -0.150. The van der Waals surface area contributed by atoms with Gasteiger partial charge in [0, 0.05) is 24.7 Å². The molecule has 0 saturated carbocycles. The van der Waals surface area contributed by atoms with Crippen molar-refractivity contribution in [3.05, 3.63) is 69.2 Å². The first kappa shape index (κ1) is 21.7. The number of benzene rings is 2. The van der Waals surface area contributed by atoms with Crippen LogP contribution in [-0.4, -0.2) is 35.2 Å². The van der Waals surface area contributed by atoms with Gasteiger partial charge in [-0.25, -0.2) is 0 Å². The number of hydrogen-bond donors (Lipinski definition) is 1. The topological polar surface area (TPSA) is 40.5 Å². The molecular formula is C22H23ClF3NO2. The molecule has 2 aromatic carbocycles. The molecule has 0 radical (unpaired) electrons. The van der Waals surface area contributed by atoms with E-state index in [-0.39, 0.29) is 17.9 Å². The highest BCUT2D eigenvalue weighted by molar-refractivity contribution is 6.31. The Morgan fingerprint density at radius 2 is 1.86 bits per heavy atom. The summed E-state index contributed by atoms with van der Waals surface area (Å²) in [5.41, 5.74) is 3.34. The molecule has 0 aliphatic carbocycles. The number of aliphatic carboxylic acids is 1. The van der Waals surface area contributed by atoms with Gasteiger partial charge in [-0.1, -0.05) is 41.9 Å². The minimum atomic E-state index is -4.38. The van der Waals surface area contributed by atoms with E-state index in [2.05, 4.69) is 0 Å². The predicted molar refractivity (Wildman–Crippen MR) is 106 cm³/mol. The van der Waals surface area contributed by atoms with E-state index < -0.39 is 18.1 Å². The molecule has 0 amide bonds. The number of carbonyl (C=O) groups is 1. The molecule has 3 nitrogen and oxygen atoms in total. The summed E-state index contributed by atoms with van der Waals surface area (Å²) in [6.45, 7) is 5.08. The summed E-state index contributed by atoms with van der Waals surface area (Å²) in [6.07, 6.45) is -4.53. The van der Waals surface area contributed by atoms with Gasteiger partial charge in [0.1, 0.15) is 0 Å². The Hall–Kier alpha value is -2.05. The third-order valence-electron chi connectivity index (χ3n) is 5.53. The normalized spacial score (nSPS) is 16.5. The lowest BCUT2D eigenvalue weighted by Crippen LogP contribution is -2.49. The van der Waals surface area contributed by atoms with Gasteiger partial charge in [-0.05, 0) is 54.2 Å². The molecule has 1 aliphatic rings. The zero-order valence-corrected chi connectivity index (χ0v) is 17.0. The van der Waals surface area contributed by atoms with Crippen LogP contribution in [0.1, 0.15) is 33.7 Å². The quantitative estimate of drug-likeness (QED) is 0.677. The van der Waals surface area contributed by atoms with Crippen molar-refractivity contribution in [3.63, 3.8) is 0 Å². The van der Waals surface area contributed by atoms with Crippen molar-refractivity contribution in [2.75, 3.05) is 13.1 Å². The molecular weight excluding hydrogens is 403 g/mol. The fourth-order valence-corrected chi connectivity index (χ4v) is 3.78. The molecule has 0 spiro atoms. The molecule has 2 aromatic rings. The summed E-state index contributed by atoms with van der Waals surface area (Å²) in [6, 6.07) is 9.83. The molecule has 1 heterocycles. The fourth-order valence-electron chi connectivity index (χ4n) is 3.66. The van der Waals surface area contributed by atoms with E-state index in [9.17, 15) is 18.0 Å². The lowest BCUT2D eigenvalue weighted by atomic mass is 9.89. The van der Waals surface area contributed by atoms with Crippen LogP contribution in [0.15, 0.2) is 36.4 Å². The molecule has 0 unspecified atom stereocenters. The highest BCUT2D eigenvalue weighted by Gasteiger charge is 2.41. The minimum Gasteiger partial charge on any atom is -0.481 e. The van der Waals surface area contributed by atoms with Crippen LogP contribution >= 0.6 is 11.6 Å². The van der Waals surface area contributed by atoms with E-state index in [1.165, 1.54) is 18.2 Å². The van der Waals surface area contributed by atoms with Gasteiger partial charge in [-0.2, -0.15) is 13.2 Å². The van der Waals surface area contributed by atoms with Crippen molar-refractivity contribution in [2.24, 2.45) is 5.92 Å². The second-order valence-electron chi connectivity index (χ2n) is 7.80. The number of halogens is 4. The van der Waals surface area contributed by atoms with E-state index in [1.807, 2.05) is 24.0 Å². The van der Waals surface area contributed by atoms with E-state index in [0.29, 0.717) is 35.8 Å². The van der Waals surface area contributed by atoms with Crippen LogP contribution in [0.4, 0.5) is 13.2 Å². The van der Waals surface area contributed by atoms with E-state index in [4.69, 9.17) is 16.7 Å². The Kier molecular flexibility index (Phi) is 6.24. The van der Waals surface area contributed by atoms with Crippen molar-refractivity contribution in [1.29, 1.82) is 0 Å². The highest BCUT2D eigenvalue weighted by atomic mass is 35.5. The summed E-state index contributed by atoms with van der Waals surface area (Å²) in [5, 5.41) is 9.44. The van der Waals surface area contributed by atoms with Gasteiger partial charge in [0.15, 0.2) is 0 Å². The highest BCUT2D eigenvalue weighted by Crippen LogP contribution is 2.38. The average Bonchev–Trinajstić information content (AvgIpc) is 2.59. The zero-order valence-electron chi connectivity index (χ0n) is 16.3. The standard InChI is InChI=1S/C22H23ClF3NO2/c1-13-3-4-15(8-17(13)10-27-11-18(12-27)21(28)29)9-19(22(24,25)26)16-5-6-20(23)14(2)7-16/h3-8,18-19H,9-12H2,1-2H3,(H,28,29)/t19-/m0/s1. The Balaban J connectivity index is 1.79. The molecule has 29 heavy (non-hydrogen) atoms. The Morgan fingerprint density at radius 1 is 1.17 bits per heavy atom. The second-order valence-corrected chi connectivity index (χ2v) is 8.20. The van der Waals surface area contributed by atoms with Gasteiger partial charge in [-0.15, -0.1) is 0 Å². The number of likely N-dealkylation sites (tertiary alicyclic amines) is 1. The van der Waals surface area contributed by atoms with E-state index in [0.717, 1.165) is 11.1 Å². The van der Waals surface area contributed by atoms with Crippen LogP contribution in [-0.2, 0) is 17.8 Å². The van der Waals surface area contributed by atoms with E-state index >= 15 is 0 Å². The number of alkyl halides is 3. The molecule has 1 saturated heterocycles. The molecule has 1 N–H and O–H groups in total.